The summed E-state index contributed by atoms with van der Waals surface area (Å²) in [5.74, 6) is 0.00871. The number of ether oxygens (including phenoxy) is 1. The predicted molar refractivity (Wildman–Crippen MR) is 58.3 cm³/mol. The molecule has 0 saturated heterocycles. The van der Waals surface area contributed by atoms with Crippen LogP contribution >= 0.6 is 11.6 Å². The molecule has 0 bridgehead atoms. The lowest BCUT2D eigenvalue weighted by atomic mass is 10.1. The number of benzene rings is 1. The van der Waals surface area contributed by atoms with Crippen molar-refractivity contribution in [2.45, 2.75) is 25.1 Å². The van der Waals surface area contributed by atoms with Crippen LogP contribution in [0.5, 0.6) is 11.5 Å². The monoisotopic (exact) mass is 228 g/mol. The maximum Gasteiger partial charge on any atom is 0.332 e. The van der Waals surface area contributed by atoms with Gasteiger partial charge in [0.1, 0.15) is 16.4 Å². The maximum atomic E-state index is 11.5. The Bertz CT molecular complexity index is 343. The zero-order chi connectivity index (χ0) is 11.5. The lowest BCUT2D eigenvalue weighted by Crippen LogP contribution is -2.32. The molecule has 0 heterocycles. The molecule has 0 fully saturated rings. The Morgan fingerprint density at radius 3 is 2.47 bits per heavy atom. The van der Waals surface area contributed by atoms with Crippen LogP contribution in [0.15, 0.2) is 24.3 Å². The van der Waals surface area contributed by atoms with E-state index in [0.29, 0.717) is 12.2 Å². The molecular formula is C11H13ClO3. The highest BCUT2D eigenvalue weighted by atomic mass is 35.5. The minimum absolute atomic E-state index is 0.124. The van der Waals surface area contributed by atoms with Crippen molar-refractivity contribution >= 4 is 17.6 Å². The lowest BCUT2D eigenvalue weighted by molar-refractivity contribution is -0.137. The summed E-state index contributed by atoms with van der Waals surface area (Å²) in [6, 6.07) is 5.91. The van der Waals surface area contributed by atoms with Crippen molar-refractivity contribution in [1.29, 1.82) is 0 Å². The molecule has 0 aliphatic rings. The van der Waals surface area contributed by atoms with Gasteiger partial charge in [-0.05, 0) is 37.6 Å². The number of rotatable bonds is 3. The summed E-state index contributed by atoms with van der Waals surface area (Å²) in [4.78, 5) is 10.5. The first-order valence-corrected chi connectivity index (χ1v) is 5.03. The Morgan fingerprint density at radius 1 is 1.47 bits per heavy atom. The molecule has 1 N–H and O–H groups in total. The van der Waals surface area contributed by atoms with Crippen molar-refractivity contribution in [2.24, 2.45) is 0 Å². The highest BCUT2D eigenvalue weighted by Crippen LogP contribution is 2.23. The third-order valence-corrected chi connectivity index (χ3v) is 2.56. The van der Waals surface area contributed by atoms with Gasteiger partial charge in [-0.2, -0.15) is 0 Å². The van der Waals surface area contributed by atoms with Gasteiger partial charge < -0.3 is 9.84 Å². The van der Waals surface area contributed by atoms with Crippen LogP contribution in [0.3, 0.4) is 0 Å². The van der Waals surface area contributed by atoms with E-state index in [1.807, 2.05) is 6.92 Å². The number of carbonyl (C=O) groups excluding carboxylic acids is 1. The number of alkyl halides is 1. The number of hydrogen-bond donors (Lipinski definition) is 1. The smallest absolute Gasteiger partial charge is 0.332 e. The normalized spacial score (nSPS) is 14.3. The van der Waals surface area contributed by atoms with E-state index in [0.717, 1.165) is 0 Å². The second-order valence-electron chi connectivity index (χ2n) is 3.43. The maximum absolute atomic E-state index is 11.5. The topological polar surface area (TPSA) is 46.5 Å². The molecule has 0 aliphatic carbocycles. The van der Waals surface area contributed by atoms with Gasteiger partial charge in [-0.25, -0.2) is 4.79 Å². The molecule has 0 saturated carbocycles. The van der Waals surface area contributed by atoms with E-state index in [4.69, 9.17) is 21.4 Å². The molecule has 82 valence electrons. The Labute approximate surface area is 93.6 Å². The molecule has 3 nitrogen and oxygen atoms in total. The Hall–Kier alpha value is -1.22. The molecule has 0 amide bonds. The summed E-state index contributed by atoms with van der Waals surface area (Å²) in [6.07, 6.45) is 0.492. The zero-order valence-electron chi connectivity index (χ0n) is 8.66. The van der Waals surface area contributed by atoms with Gasteiger partial charge in [-0.15, -0.1) is 11.6 Å². The molecule has 4 heteroatoms. The predicted octanol–water partition coefficient (Wildman–Crippen LogP) is 2.71. The van der Waals surface area contributed by atoms with Gasteiger partial charge in [0, 0.05) is 0 Å². The highest BCUT2D eigenvalue weighted by molar-refractivity contribution is 6.33. The number of phenolic OH excluding ortho intramolecular Hbond substituents is 1. The van der Waals surface area contributed by atoms with Gasteiger partial charge in [0.05, 0.1) is 0 Å². The van der Waals surface area contributed by atoms with Gasteiger partial charge in [0.2, 0.25) is 0 Å². The number of esters is 1. The quantitative estimate of drug-likeness (QED) is 0.492. The fourth-order valence-electron chi connectivity index (χ4n) is 0.872. The summed E-state index contributed by atoms with van der Waals surface area (Å²) in [7, 11) is 0. The molecule has 0 aliphatic heterocycles. The molecule has 1 unspecified atom stereocenters. The Kier molecular flexibility index (Phi) is 3.58. The first kappa shape index (κ1) is 11.9. The average Bonchev–Trinajstić information content (AvgIpc) is 2.21. The molecule has 0 aromatic heterocycles. The number of phenols is 1. The standard InChI is InChI=1S/C11H13ClO3/c1-3-11(2,12)10(14)15-9-6-4-8(13)5-7-9/h4-7,13H,3H2,1-2H3. The van der Waals surface area contributed by atoms with Crippen LogP contribution in [0.4, 0.5) is 0 Å². The second kappa shape index (κ2) is 4.53. The highest BCUT2D eigenvalue weighted by Gasteiger charge is 2.30. The summed E-state index contributed by atoms with van der Waals surface area (Å²) < 4.78 is 5.04. The van der Waals surface area contributed by atoms with Gasteiger partial charge in [0.25, 0.3) is 0 Å². The Balaban J connectivity index is 2.71. The first-order chi connectivity index (χ1) is 6.95. The fourth-order valence-corrected chi connectivity index (χ4v) is 0.911. The van der Waals surface area contributed by atoms with E-state index in [-0.39, 0.29) is 5.75 Å². The van der Waals surface area contributed by atoms with Crippen LogP contribution < -0.4 is 4.74 Å². The van der Waals surface area contributed by atoms with Crippen LogP contribution in [0, 0.1) is 0 Å². The van der Waals surface area contributed by atoms with Crippen LogP contribution in [0.2, 0.25) is 0 Å². The molecule has 1 atom stereocenters. The van der Waals surface area contributed by atoms with E-state index < -0.39 is 10.8 Å². The van der Waals surface area contributed by atoms with Crippen molar-refractivity contribution in [2.75, 3.05) is 0 Å². The largest absolute Gasteiger partial charge is 0.508 e. The van der Waals surface area contributed by atoms with Gasteiger partial charge >= 0.3 is 5.97 Å². The number of carbonyl (C=O) groups is 1. The van der Waals surface area contributed by atoms with Crippen molar-refractivity contribution in [1.82, 2.24) is 0 Å². The molecule has 1 rings (SSSR count). The van der Waals surface area contributed by atoms with E-state index >= 15 is 0 Å². The third kappa shape index (κ3) is 3.13. The fraction of sp³-hybridized carbons (Fsp3) is 0.364. The summed E-state index contributed by atoms with van der Waals surface area (Å²) in [5.41, 5.74) is 0. The van der Waals surface area contributed by atoms with Crippen molar-refractivity contribution in [3.8, 4) is 11.5 Å². The first-order valence-electron chi connectivity index (χ1n) is 4.66. The van der Waals surface area contributed by atoms with Gasteiger partial charge in [0.15, 0.2) is 0 Å². The van der Waals surface area contributed by atoms with Crippen molar-refractivity contribution in [3.63, 3.8) is 0 Å². The summed E-state index contributed by atoms with van der Waals surface area (Å²) in [6.45, 7) is 3.42. The number of aromatic hydroxyl groups is 1. The van der Waals surface area contributed by atoms with E-state index in [1.54, 1.807) is 6.92 Å². The zero-order valence-corrected chi connectivity index (χ0v) is 9.41. The summed E-state index contributed by atoms with van der Waals surface area (Å²) in [5, 5.41) is 9.03. The molecule has 0 radical (unpaired) electrons. The Morgan fingerprint density at radius 2 is 2.00 bits per heavy atom. The molecule has 15 heavy (non-hydrogen) atoms. The van der Waals surface area contributed by atoms with E-state index in [1.165, 1.54) is 24.3 Å². The minimum atomic E-state index is -1.00. The SMILES string of the molecule is CCC(C)(Cl)C(=O)Oc1ccc(O)cc1. The van der Waals surface area contributed by atoms with Crippen LogP contribution in [-0.4, -0.2) is 16.0 Å². The van der Waals surface area contributed by atoms with Gasteiger partial charge in [-0.1, -0.05) is 6.92 Å². The molecule has 1 aromatic rings. The summed E-state index contributed by atoms with van der Waals surface area (Å²) >= 11 is 5.93. The van der Waals surface area contributed by atoms with Crippen LogP contribution in [0.25, 0.3) is 0 Å². The van der Waals surface area contributed by atoms with Gasteiger partial charge in [-0.3, -0.25) is 0 Å². The lowest BCUT2D eigenvalue weighted by Gasteiger charge is -2.17. The van der Waals surface area contributed by atoms with E-state index in [9.17, 15) is 4.79 Å². The number of halogens is 1. The van der Waals surface area contributed by atoms with E-state index in [2.05, 4.69) is 0 Å². The van der Waals surface area contributed by atoms with Crippen molar-refractivity contribution in [3.05, 3.63) is 24.3 Å². The minimum Gasteiger partial charge on any atom is -0.508 e. The van der Waals surface area contributed by atoms with Crippen LogP contribution in [-0.2, 0) is 4.79 Å². The number of hydrogen-bond acceptors (Lipinski definition) is 3. The van der Waals surface area contributed by atoms with Crippen LogP contribution in [0.1, 0.15) is 20.3 Å². The molecule has 1 aromatic carbocycles. The third-order valence-electron chi connectivity index (χ3n) is 2.14. The second-order valence-corrected chi connectivity index (χ2v) is 4.27. The molecule has 0 spiro atoms. The molecular weight excluding hydrogens is 216 g/mol. The van der Waals surface area contributed by atoms with Crippen molar-refractivity contribution < 1.29 is 14.6 Å². The average molecular weight is 229 g/mol.